The molecule has 0 amide bonds. The second-order valence-electron chi connectivity index (χ2n) is 5.84. The van der Waals surface area contributed by atoms with Crippen LogP contribution < -0.4 is 0 Å². The quantitative estimate of drug-likeness (QED) is 0.550. The number of ether oxygens (including phenoxy) is 1. The molecule has 0 N–H and O–H groups in total. The number of carbonyl (C=O) groups is 1. The Bertz CT molecular complexity index is 361. The highest BCUT2D eigenvalue weighted by Gasteiger charge is 2.40. The number of rotatable bonds is 4. The van der Waals surface area contributed by atoms with E-state index in [9.17, 15) is 4.79 Å². The number of hydrogen-bond donors (Lipinski definition) is 0. The lowest BCUT2D eigenvalue weighted by Crippen LogP contribution is -2.37. The summed E-state index contributed by atoms with van der Waals surface area (Å²) in [6.07, 6.45) is 8.70. The normalized spacial score (nSPS) is 27.4. The van der Waals surface area contributed by atoms with E-state index in [0.29, 0.717) is 0 Å². The molecule has 102 valence electrons. The van der Waals surface area contributed by atoms with Crippen molar-refractivity contribution >= 4 is 5.97 Å². The molecule has 0 aromatic rings. The van der Waals surface area contributed by atoms with Crippen LogP contribution in [0, 0.1) is 11.3 Å². The lowest BCUT2D eigenvalue weighted by atomic mass is 9.69. The summed E-state index contributed by atoms with van der Waals surface area (Å²) in [7, 11) is 1.48. The van der Waals surface area contributed by atoms with E-state index in [1.807, 2.05) is 6.92 Å². The molecular formula is C16H26O2. The van der Waals surface area contributed by atoms with Crippen LogP contribution in [-0.4, -0.2) is 13.1 Å². The third kappa shape index (κ3) is 3.47. The number of esters is 1. The van der Waals surface area contributed by atoms with Crippen molar-refractivity contribution in [3.63, 3.8) is 0 Å². The van der Waals surface area contributed by atoms with Gasteiger partial charge in [-0.2, -0.15) is 0 Å². The van der Waals surface area contributed by atoms with Gasteiger partial charge in [-0.25, -0.2) is 0 Å². The van der Waals surface area contributed by atoms with Gasteiger partial charge in [0.05, 0.1) is 12.5 Å². The standard InChI is InChI=1S/C16H26O2/c1-12(2)7-6-8-14-9-10-16(4,13(3)11-14)15(17)18-5/h7,11,13H,6,8-10H2,1-5H3/t13-,16-/m1/s1. The highest BCUT2D eigenvalue weighted by Crippen LogP contribution is 2.41. The summed E-state index contributed by atoms with van der Waals surface area (Å²) >= 11 is 0. The molecule has 0 fully saturated rings. The van der Waals surface area contributed by atoms with Gasteiger partial charge in [-0.3, -0.25) is 4.79 Å². The first-order valence-electron chi connectivity index (χ1n) is 6.81. The molecule has 0 aromatic heterocycles. The molecule has 2 atom stereocenters. The minimum absolute atomic E-state index is 0.0744. The highest BCUT2D eigenvalue weighted by atomic mass is 16.5. The van der Waals surface area contributed by atoms with E-state index < -0.39 is 0 Å². The smallest absolute Gasteiger partial charge is 0.312 e. The topological polar surface area (TPSA) is 26.3 Å². The van der Waals surface area contributed by atoms with Crippen molar-refractivity contribution in [2.24, 2.45) is 11.3 Å². The molecule has 0 saturated carbocycles. The van der Waals surface area contributed by atoms with Crippen LogP contribution in [0.5, 0.6) is 0 Å². The minimum Gasteiger partial charge on any atom is -0.469 e. The predicted molar refractivity (Wildman–Crippen MR) is 75.3 cm³/mol. The molecule has 1 rings (SSSR count). The van der Waals surface area contributed by atoms with E-state index in [1.165, 1.54) is 18.3 Å². The molecule has 18 heavy (non-hydrogen) atoms. The maximum absolute atomic E-state index is 11.8. The molecular weight excluding hydrogens is 224 g/mol. The molecule has 1 aliphatic rings. The zero-order chi connectivity index (χ0) is 13.8. The van der Waals surface area contributed by atoms with Crippen LogP contribution in [0.15, 0.2) is 23.3 Å². The second-order valence-corrected chi connectivity index (χ2v) is 5.84. The van der Waals surface area contributed by atoms with Gasteiger partial charge >= 0.3 is 5.97 Å². The van der Waals surface area contributed by atoms with E-state index in [-0.39, 0.29) is 17.3 Å². The monoisotopic (exact) mass is 250 g/mol. The molecule has 0 saturated heterocycles. The first kappa shape index (κ1) is 15.0. The summed E-state index contributed by atoms with van der Waals surface area (Å²) in [6.45, 7) is 8.41. The van der Waals surface area contributed by atoms with E-state index in [1.54, 1.807) is 0 Å². The van der Waals surface area contributed by atoms with Crippen LogP contribution in [0.2, 0.25) is 0 Å². The van der Waals surface area contributed by atoms with Gasteiger partial charge in [0, 0.05) is 0 Å². The van der Waals surface area contributed by atoms with Gasteiger partial charge in [-0.05, 0) is 52.4 Å². The van der Waals surface area contributed by atoms with Crippen molar-refractivity contribution in [2.75, 3.05) is 7.11 Å². The van der Waals surface area contributed by atoms with Crippen molar-refractivity contribution in [1.29, 1.82) is 0 Å². The molecule has 2 heteroatoms. The van der Waals surface area contributed by atoms with E-state index in [4.69, 9.17) is 4.74 Å². The van der Waals surface area contributed by atoms with Crippen molar-refractivity contribution in [2.45, 2.75) is 53.4 Å². The SMILES string of the molecule is COC(=O)[C@]1(C)CCC(CCC=C(C)C)=C[C@H]1C. The van der Waals surface area contributed by atoms with Gasteiger partial charge in [-0.1, -0.05) is 30.2 Å². The van der Waals surface area contributed by atoms with Crippen LogP contribution in [-0.2, 0) is 9.53 Å². The van der Waals surface area contributed by atoms with Crippen LogP contribution in [0.4, 0.5) is 0 Å². The van der Waals surface area contributed by atoms with Crippen LogP contribution in [0.3, 0.4) is 0 Å². The Morgan fingerprint density at radius 2 is 2.22 bits per heavy atom. The molecule has 0 unspecified atom stereocenters. The Labute approximate surface area is 111 Å². The molecule has 0 aliphatic heterocycles. The zero-order valence-corrected chi connectivity index (χ0v) is 12.4. The Morgan fingerprint density at radius 3 is 2.72 bits per heavy atom. The zero-order valence-electron chi connectivity index (χ0n) is 12.4. The number of allylic oxidation sites excluding steroid dienone is 4. The molecule has 0 bridgehead atoms. The summed E-state index contributed by atoms with van der Waals surface area (Å²) in [4.78, 5) is 11.8. The third-order valence-electron chi connectivity index (χ3n) is 4.13. The van der Waals surface area contributed by atoms with Crippen molar-refractivity contribution in [3.05, 3.63) is 23.3 Å². The fourth-order valence-corrected chi connectivity index (χ4v) is 2.54. The summed E-state index contributed by atoms with van der Waals surface area (Å²) in [6, 6.07) is 0. The summed E-state index contributed by atoms with van der Waals surface area (Å²) in [5, 5.41) is 0. The average Bonchev–Trinajstić information content (AvgIpc) is 2.32. The largest absolute Gasteiger partial charge is 0.469 e. The Hall–Kier alpha value is -1.05. The third-order valence-corrected chi connectivity index (χ3v) is 4.13. The Morgan fingerprint density at radius 1 is 1.56 bits per heavy atom. The molecule has 0 heterocycles. The molecule has 0 aromatic carbocycles. The number of carbonyl (C=O) groups excluding carboxylic acids is 1. The predicted octanol–water partition coefficient (Wildman–Crippen LogP) is 4.27. The fraction of sp³-hybridized carbons (Fsp3) is 0.688. The van der Waals surface area contributed by atoms with Gasteiger partial charge in [0.15, 0.2) is 0 Å². The molecule has 0 radical (unpaired) electrons. The highest BCUT2D eigenvalue weighted by molar-refractivity contribution is 5.77. The van der Waals surface area contributed by atoms with E-state index in [0.717, 1.165) is 25.7 Å². The van der Waals surface area contributed by atoms with Gasteiger partial charge in [0.25, 0.3) is 0 Å². The second kappa shape index (κ2) is 6.21. The summed E-state index contributed by atoms with van der Waals surface area (Å²) in [5.74, 6) is 0.190. The first-order valence-corrected chi connectivity index (χ1v) is 6.81. The number of methoxy groups -OCH3 is 1. The molecule has 1 aliphatic carbocycles. The molecule has 0 spiro atoms. The van der Waals surface area contributed by atoms with Gasteiger partial charge in [0.1, 0.15) is 0 Å². The van der Waals surface area contributed by atoms with Crippen molar-refractivity contribution < 1.29 is 9.53 Å². The minimum atomic E-state index is -0.339. The molecule has 2 nitrogen and oxygen atoms in total. The van der Waals surface area contributed by atoms with Crippen LogP contribution in [0.25, 0.3) is 0 Å². The summed E-state index contributed by atoms with van der Waals surface area (Å²) < 4.78 is 4.93. The van der Waals surface area contributed by atoms with Crippen molar-refractivity contribution in [1.82, 2.24) is 0 Å². The fourth-order valence-electron chi connectivity index (χ4n) is 2.54. The Kier molecular flexibility index (Phi) is 5.18. The van der Waals surface area contributed by atoms with Gasteiger partial charge in [-0.15, -0.1) is 0 Å². The van der Waals surface area contributed by atoms with Crippen molar-refractivity contribution in [3.8, 4) is 0 Å². The first-order chi connectivity index (χ1) is 8.40. The van der Waals surface area contributed by atoms with Crippen LogP contribution in [0.1, 0.15) is 53.4 Å². The Balaban J connectivity index is 2.66. The van der Waals surface area contributed by atoms with Crippen LogP contribution >= 0.6 is 0 Å². The van der Waals surface area contributed by atoms with E-state index >= 15 is 0 Å². The summed E-state index contributed by atoms with van der Waals surface area (Å²) in [5.41, 5.74) is 2.52. The lowest BCUT2D eigenvalue weighted by molar-refractivity contribution is -0.154. The van der Waals surface area contributed by atoms with E-state index in [2.05, 4.69) is 32.9 Å². The lowest BCUT2D eigenvalue weighted by Gasteiger charge is -2.35. The number of hydrogen-bond acceptors (Lipinski definition) is 2. The van der Waals surface area contributed by atoms with Gasteiger partial charge in [0.2, 0.25) is 0 Å². The maximum Gasteiger partial charge on any atom is 0.312 e. The maximum atomic E-state index is 11.8. The average molecular weight is 250 g/mol. The van der Waals surface area contributed by atoms with Gasteiger partial charge < -0.3 is 4.74 Å².